The fraction of sp³-hybridized carbons (Fsp3) is 0.400. The van der Waals surface area contributed by atoms with Crippen molar-refractivity contribution in [2.75, 3.05) is 7.11 Å². The molecule has 0 saturated heterocycles. The molecule has 0 aliphatic carbocycles. The van der Waals surface area contributed by atoms with Crippen molar-refractivity contribution in [1.82, 2.24) is 0 Å². The number of benzene rings is 1. The molecule has 0 aliphatic rings. The highest BCUT2D eigenvalue weighted by atomic mass is 19.4. The van der Waals surface area contributed by atoms with Crippen LogP contribution in [0.5, 0.6) is 5.75 Å². The number of aliphatic hydroxyl groups is 1. The summed E-state index contributed by atoms with van der Waals surface area (Å²) in [6.07, 6.45) is -5.71. The van der Waals surface area contributed by atoms with Crippen molar-refractivity contribution < 1.29 is 23.0 Å². The first-order chi connectivity index (χ1) is 6.88. The normalized spacial score (nSPS) is 13.7. The van der Waals surface area contributed by atoms with Gasteiger partial charge in [-0.2, -0.15) is 13.2 Å². The topological polar surface area (TPSA) is 29.5 Å². The van der Waals surface area contributed by atoms with Gasteiger partial charge in [0, 0.05) is 5.56 Å². The molecule has 1 unspecified atom stereocenters. The second kappa shape index (κ2) is 4.10. The Bertz CT molecular complexity index is 345. The highest BCUT2D eigenvalue weighted by molar-refractivity contribution is 5.43. The lowest BCUT2D eigenvalue weighted by atomic mass is 10.0. The standard InChI is InChI=1S/C10H11F3O2/c1-6(14)9-7(10(11,12)13)4-3-5-8(9)15-2/h3-6,14H,1-2H3. The number of methoxy groups -OCH3 is 1. The second-order valence-electron chi connectivity index (χ2n) is 3.10. The van der Waals surface area contributed by atoms with Gasteiger partial charge in [-0.05, 0) is 19.1 Å². The SMILES string of the molecule is COc1cccc(C(F)(F)F)c1C(C)O. The molecule has 0 fully saturated rings. The molecule has 0 aromatic heterocycles. The first kappa shape index (κ1) is 11.8. The maximum absolute atomic E-state index is 12.6. The molecular formula is C10H11F3O2. The summed E-state index contributed by atoms with van der Waals surface area (Å²) in [7, 11) is 1.27. The van der Waals surface area contributed by atoms with E-state index in [1.165, 1.54) is 26.2 Å². The number of halogens is 3. The van der Waals surface area contributed by atoms with E-state index in [1.54, 1.807) is 0 Å². The van der Waals surface area contributed by atoms with Crippen LogP contribution < -0.4 is 4.74 Å². The molecule has 1 aromatic carbocycles. The van der Waals surface area contributed by atoms with Crippen LogP contribution >= 0.6 is 0 Å². The Labute approximate surface area is 85.3 Å². The maximum atomic E-state index is 12.6. The first-order valence-corrected chi connectivity index (χ1v) is 4.30. The zero-order chi connectivity index (χ0) is 11.6. The van der Waals surface area contributed by atoms with Crippen LogP contribution in [-0.4, -0.2) is 12.2 Å². The van der Waals surface area contributed by atoms with E-state index < -0.39 is 17.8 Å². The van der Waals surface area contributed by atoms with Gasteiger partial charge in [0.2, 0.25) is 0 Å². The molecule has 0 aliphatic heterocycles. The summed E-state index contributed by atoms with van der Waals surface area (Å²) >= 11 is 0. The van der Waals surface area contributed by atoms with Gasteiger partial charge < -0.3 is 9.84 Å². The van der Waals surface area contributed by atoms with Crippen molar-refractivity contribution in [1.29, 1.82) is 0 Å². The summed E-state index contributed by atoms with van der Waals surface area (Å²) in [5.41, 5.74) is -1.09. The lowest BCUT2D eigenvalue weighted by Crippen LogP contribution is -2.12. The van der Waals surface area contributed by atoms with Crippen LogP contribution in [0.15, 0.2) is 18.2 Å². The molecule has 15 heavy (non-hydrogen) atoms. The van der Waals surface area contributed by atoms with Gasteiger partial charge in [-0.25, -0.2) is 0 Å². The van der Waals surface area contributed by atoms with E-state index in [2.05, 4.69) is 0 Å². The van der Waals surface area contributed by atoms with E-state index in [-0.39, 0.29) is 11.3 Å². The smallest absolute Gasteiger partial charge is 0.416 e. The van der Waals surface area contributed by atoms with E-state index >= 15 is 0 Å². The van der Waals surface area contributed by atoms with Gasteiger partial charge >= 0.3 is 6.18 Å². The van der Waals surface area contributed by atoms with Gasteiger partial charge in [-0.1, -0.05) is 6.07 Å². The monoisotopic (exact) mass is 220 g/mol. The van der Waals surface area contributed by atoms with Gasteiger partial charge in [0.15, 0.2) is 0 Å². The van der Waals surface area contributed by atoms with Crippen LogP contribution in [0.1, 0.15) is 24.2 Å². The molecule has 0 amide bonds. The third kappa shape index (κ3) is 2.41. The van der Waals surface area contributed by atoms with Crippen molar-refractivity contribution >= 4 is 0 Å². The van der Waals surface area contributed by atoms with E-state index in [1.807, 2.05) is 0 Å². The highest BCUT2D eigenvalue weighted by Crippen LogP contribution is 2.38. The summed E-state index contributed by atoms with van der Waals surface area (Å²) in [5.74, 6) is 0.0415. The lowest BCUT2D eigenvalue weighted by Gasteiger charge is -2.17. The minimum Gasteiger partial charge on any atom is -0.496 e. The fourth-order valence-corrected chi connectivity index (χ4v) is 1.40. The lowest BCUT2D eigenvalue weighted by molar-refractivity contribution is -0.139. The van der Waals surface area contributed by atoms with Crippen LogP contribution in [0.3, 0.4) is 0 Å². The molecule has 0 saturated carbocycles. The molecule has 5 heteroatoms. The minimum atomic E-state index is -4.49. The Morgan fingerprint density at radius 2 is 1.93 bits per heavy atom. The quantitative estimate of drug-likeness (QED) is 0.830. The summed E-state index contributed by atoms with van der Waals surface area (Å²) in [4.78, 5) is 0. The summed E-state index contributed by atoms with van der Waals surface area (Å²) in [6.45, 7) is 1.27. The maximum Gasteiger partial charge on any atom is 0.416 e. The largest absolute Gasteiger partial charge is 0.496 e. The van der Waals surface area contributed by atoms with Crippen LogP contribution in [0.25, 0.3) is 0 Å². The highest BCUT2D eigenvalue weighted by Gasteiger charge is 2.35. The molecule has 1 atom stereocenters. The number of rotatable bonds is 2. The van der Waals surface area contributed by atoms with Crippen molar-refractivity contribution in [2.45, 2.75) is 19.2 Å². The number of hydrogen-bond acceptors (Lipinski definition) is 2. The van der Waals surface area contributed by atoms with E-state index in [0.29, 0.717) is 0 Å². The van der Waals surface area contributed by atoms with Crippen LogP contribution in [0.2, 0.25) is 0 Å². The summed E-state index contributed by atoms with van der Waals surface area (Å²) < 4.78 is 42.5. The molecule has 1 rings (SSSR count). The molecule has 1 aromatic rings. The Morgan fingerprint density at radius 3 is 2.33 bits per heavy atom. The van der Waals surface area contributed by atoms with E-state index in [4.69, 9.17) is 4.74 Å². The average Bonchev–Trinajstić information content (AvgIpc) is 2.15. The van der Waals surface area contributed by atoms with Gasteiger partial charge in [0.25, 0.3) is 0 Å². The minimum absolute atomic E-state index is 0.0415. The third-order valence-electron chi connectivity index (χ3n) is 2.01. The predicted octanol–water partition coefficient (Wildman–Crippen LogP) is 2.77. The van der Waals surface area contributed by atoms with E-state index in [0.717, 1.165) is 6.07 Å². The molecule has 2 nitrogen and oxygen atoms in total. The number of aliphatic hydroxyl groups excluding tert-OH is 1. The molecule has 0 spiro atoms. The Kier molecular flexibility index (Phi) is 3.24. The van der Waals surface area contributed by atoms with E-state index in [9.17, 15) is 18.3 Å². The van der Waals surface area contributed by atoms with Gasteiger partial charge in [0.1, 0.15) is 5.75 Å². The van der Waals surface area contributed by atoms with Gasteiger partial charge in [-0.3, -0.25) is 0 Å². The molecule has 84 valence electrons. The third-order valence-corrected chi connectivity index (χ3v) is 2.01. The van der Waals surface area contributed by atoms with Crippen LogP contribution in [-0.2, 0) is 6.18 Å². The number of hydrogen-bond donors (Lipinski definition) is 1. The predicted molar refractivity (Wildman–Crippen MR) is 48.6 cm³/mol. The first-order valence-electron chi connectivity index (χ1n) is 4.30. The average molecular weight is 220 g/mol. The van der Waals surface area contributed by atoms with Gasteiger partial charge in [-0.15, -0.1) is 0 Å². The zero-order valence-electron chi connectivity index (χ0n) is 8.30. The van der Waals surface area contributed by atoms with Crippen molar-refractivity contribution in [3.63, 3.8) is 0 Å². The van der Waals surface area contributed by atoms with Crippen molar-refractivity contribution in [2.24, 2.45) is 0 Å². The second-order valence-corrected chi connectivity index (χ2v) is 3.10. The molecule has 0 bridgehead atoms. The molecule has 1 N–H and O–H groups in total. The Hall–Kier alpha value is -1.23. The number of ether oxygens (including phenoxy) is 1. The number of alkyl halides is 3. The van der Waals surface area contributed by atoms with Gasteiger partial charge in [0.05, 0.1) is 18.8 Å². The van der Waals surface area contributed by atoms with Crippen LogP contribution in [0, 0.1) is 0 Å². The van der Waals surface area contributed by atoms with Crippen molar-refractivity contribution in [3.8, 4) is 5.75 Å². The fourth-order valence-electron chi connectivity index (χ4n) is 1.40. The summed E-state index contributed by atoms with van der Waals surface area (Å²) in [5, 5.41) is 9.30. The molecule has 0 heterocycles. The Balaban J connectivity index is 3.39. The summed E-state index contributed by atoms with van der Waals surface area (Å²) in [6, 6.07) is 3.55. The van der Waals surface area contributed by atoms with Crippen molar-refractivity contribution in [3.05, 3.63) is 29.3 Å². The molecular weight excluding hydrogens is 209 g/mol. The Morgan fingerprint density at radius 1 is 1.33 bits per heavy atom. The van der Waals surface area contributed by atoms with Crippen LogP contribution in [0.4, 0.5) is 13.2 Å². The zero-order valence-corrected chi connectivity index (χ0v) is 8.30. The molecule has 0 radical (unpaired) electrons.